The number of likely N-dealkylation sites (tertiary alicyclic amines) is 1. The fourth-order valence-electron chi connectivity index (χ4n) is 2.14. The molecule has 1 atom stereocenters. The van der Waals surface area contributed by atoms with E-state index in [1.807, 2.05) is 18.4 Å². The molecule has 0 aromatic carbocycles. The third-order valence-corrected chi connectivity index (χ3v) is 4.72. The van der Waals surface area contributed by atoms with E-state index in [9.17, 15) is 9.59 Å². The van der Waals surface area contributed by atoms with Gasteiger partial charge in [0.1, 0.15) is 6.33 Å². The van der Waals surface area contributed by atoms with Crippen LogP contribution >= 0.6 is 11.8 Å². The SMILES string of the molecule is CC(C(=O)O)C1CN(C(=O)CSc2nncn2C(C)C)C1. The number of aliphatic carboxylic acids is 1. The molecular weight excluding hydrogens is 292 g/mol. The molecule has 1 fully saturated rings. The molecule has 1 aliphatic heterocycles. The summed E-state index contributed by atoms with van der Waals surface area (Å²) in [5.74, 6) is -0.806. The summed E-state index contributed by atoms with van der Waals surface area (Å²) in [6, 6.07) is 0.252. The van der Waals surface area contributed by atoms with Crippen molar-refractivity contribution in [3.05, 3.63) is 6.33 Å². The highest BCUT2D eigenvalue weighted by atomic mass is 32.2. The van der Waals surface area contributed by atoms with Gasteiger partial charge in [-0.2, -0.15) is 0 Å². The van der Waals surface area contributed by atoms with Crippen molar-refractivity contribution < 1.29 is 14.7 Å². The number of hydrogen-bond donors (Lipinski definition) is 1. The lowest BCUT2D eigenvalue weighted by molar-refractivity contribution is -0.149. The molecule has 0 saturated carbocycles. The largest absolute Gasteiger partial charge is 0.481 e. The quantitative estimate of drug-likeness (QED) is 0.792. The van der Waals surface area contributed by atoms with Crippen LogP contribution in [-0.2, 0) is 9.59 Å². The molecular formula is C13H20N4O3S. The van der Waals surface area contributed by atoms with Gasteiger partial charge in [-0.25, -0.2) is 0 Å². The Morgan fingerprint density at radius 2 is 2.10 bits per heavy atom. The van der Waals surface area contributed by atoms with Gasteiger partial charge in [0.15, 0.2) is 5.16 Å². The summed E-state index contributed by atoms with van der Waals surface area (Å²) >= 11 is 1.37. The van der Waals surface area contributed by atoms with Crippen LogP contribution < -0.4 is 0 Å². The monoisotopic (exact) mass is 312 g/mol. The molecule has 0 radical (unpaired) electrons. The van der Waals surface area contributed by atoms with Gasteiger partial charge in [0.25, 0.3) is 0 Å². The molecule has 8 heteroatoms. The Balaban J connectivity index is 1.79. The highest BCUT2D eigenvalue weighted by Crippen LogP contribution is 2.26. The summed E-state index contributed by atoms with van der Waals surface area (Å²) < 4.78 is 1.92. The number of rotatable bonds is 6. The Labute approximate surface area is 127 Å². The second-order valence-electron chi connectivity index (χ2n) is 5.59. The van der Waals surface area contributed by atoms with E-state index < -0.39 is 11.9 Å². The number of carbonyl (C=O) groups excluding carboxylic acids is 1. The van der Waals surface area contributed by atoms with Crippen molar-refractivity contribution in [3.63, 3.8) is 0 Å². The molecule has 1 aliphatic rings. The van der Waals surface area contributed by atoms with Gasteiger partial charge in [-0.05, 0) is 13.8 Å². The van der Waals surface area contributed by atoms with E-state index in [0.29, 0.717) is 18.8 Å². The van der Waals surface area contributed by atoms with Crippen molar-refractivity contribution in [1.29, 1.82) is 0 Å². The van der Waals surface area contributed by atoms with Crippen LogP contribution in [0, 0.1) is 11.8 Å². The van der Waals surface area contributed by atoms with Crippen LogP contribution in [-0.4, -0.2) is 55.5 Å². The molecule has 1 unspecified atom stereocenters. The fourth-order valence-corrected chi connectivity index (χ4v) is 3.09. The van der Waals surface area contributed by atoms with E-state index in [-0.39, 0.29) is 17.9 Å². The van der Waals surface area contributed by atoms with E-state index in [1.165, 1.54) is 11.8 Å². The number of aromatic nitrogens is 3. The molecule has 2 heterocycles. The molecule has 1 N–H and O–H groups in total. The number of carboxylic acids is 1. The molecule has 1 amide bonds. The molecule has 0 spiro atoms. The predicted molar refractivity (Wildman–Crippen MR) is 78.0 cm³/mol. The standard InChI is InChI=1S/C13H20N4O3S/c1-8(2)17-7-14-15-13(17)21-6-11(18)16-4-10(5-16)9(3)12(19)20/h7-10H,4-6H2,1-3H3,(H,19,20). The van der Waals surface area contributed by atoms with Gasteiger partial charge in [0.05, 0.1) is 11.7 Å². The van der Waals surface area contributed by atoms with Crippen molar-refractivity contribution in [2.24, 2.45) is 11.8 Å². The lowest BCUT2D eigenvalue weighted by atomic mass is 9.87. The van der Waals surface area contributed by atoms with Crippen LogP contribution in [0.2, 0.25) is 0 Å². The second kappa shape index (κ2) is 6.46. The van der Waals surface area contributed by atoms with E-state index >= 15 is 0 Å². The molecule has 21 heavy (non-hydrogen) atoms. The summed E-state index contributed by atoms with van der Waals surface area (Å²) in [6.45, 7) is 6.81. The van der Waals surface area contributed by atoms with E-state index in [4.69, 9.17) is 5.11 Å². The van der Waals surface area contributed by atoms with Crippen LogP contribution in [0.4, 0.5) is 0 Å². The Bertz CT molecular complexity index is 525. The number of nitrogens with zero attached hydrogens (tertiary/aromatic N) is 4. The van der Waals surface area contributed by atoms with Crippen LogP contribution in [0.3, 0.4) is 0 Å². The number of carbonyl (C=O) groups is 2. The first-order valence-electron chi connectivity index (χ1n) is 6.93. The maximum atomic E-state index is 12.0. The first-order chi connectivity index (χ1) is 9.90. The predicted octanol–water partition coefficient (Wildman–Crippen LogP) is 1.13. The Hall–Kier alpha value is -1.57. The van der Waals surface area contributed by atoms with Gasteiger partial charge in [-0.15, -0.1) is 10.2 Å². The van der Waals surface area contributed by atoms with Gasteiger partial charge in [-0.1, -0.05) is 18.7 Å². The normalized spacial score (nSPS) is 16.9. The topological polar surface area (TPSA) is 88.3 Å². The highest BCUT2D eigenvalue weighted by molar-refractivity contribution is 7.99. The summed E-state index contributed by atoms with van der Waals surface area (Å²) in [5.41, 5.74) is 0. The summed E-state index contributed by atoms with van der Waals surface area (Å²) in [6.07, 6.45) is 1.66. The zero-order chi connectivity index (χ0) is 15.6. The van der Waals surface area contributed by atoms with Crippen LogP contribution in [0.25, 0.3) is 0 Å². The lowest BCUT2D eigenvalue weighted by Crippen LogP contribution is -2.54. The van der Waals surface area contributed by atoms with Gasteiger partial charge in [-0.3, -0.25) is 9.59 Å². The molecule has 116 valence electrons. The fraction of sp³-hybridized carbons (Fsp3) is 0.692. The number of amides is 1. The highest BCUT2D eigenvalue weighted by Gasteiger charge is 2.37. The maximum Gasteiger partial charge on any atom is 0.306 e. The molecule has 0 aliphatic carbocycles. The molecule has 1 aromatic rings. The summed E-state index contributed by atoms with van der Waals surface area (Å²) in [4.78, 5) is 24.6. The van der Waals surface area contributed by atoms with Gasteiger partial charge in [0, 0.05) is 25.0 Å². The maximum absolute atomic E-state index is 12.0. The minimum atomic E-state index is -0.800. The molecule has 0 bridgehead atoms. The van der Waals surface area contributed by atoms with Crippen LogP contribution in [0.5, 0.6) is 0 Å². The second-order valence-corrected chi connectivity index (χ2v) is 6.53. The Kier molecular flexibility index (Phi) is 4.87. The van der Waals surface area contributed by atoms with E-state index in [0.717, 1.165) is 5.16 Å². The van der Waals surface area contributed by atoms with Crippen LogP contribution in [0.1, 0.15) is 26.8 Å². The Morgan fingerprint density at radius 1 is 1.43 bits per heavy atom. The number of hydrogen-bond acceptors (Lipinski definition) is 5. The molecule has 7 nitrogen and oxygen atoms in total. The van der Waals surface area contributed by atoms with E-state index in [2.05, 4.69) is 10.2 Å². The Morgan fingerprint density at radius 3 is 2.67 bits per heavy atom. The van der Waals surface area contributed by atoms with Crippen molar-refractivity contribution >= 4 is 23.6 Å². The van der Waals surface area contributed by atoms with Crippen molar-refractivity contribution in [3.8, 4) is 0 Å². The van der Waals surface area contributed by atoms with Gasteiger partial charge in [0.2, 0.25) is 5.91 Å². The van der Waals surface area contributed by atoms with Crippen molar-refractivity contribution in [1.82, 2.24) is 19.7 Å². The molecule has 1 saturated heterocycles. The minimum Gasteiger partial charge on any atom is -0.481 e. The smallest absolute Gasteiger partial charge is 0.306 e. The first kappa shape index (κ1) is 15.8. The average Bonchev–Trinajstić information content (AvgIpc) is 2.82. The first-order valence-corrected chi connectivity index (χ1v) is 7.91. The summed E-state index contributed by atoms with van der Waals surface area (Å²) in [5, 5.41) is 17.5. The number of carboxylic acid groups (broad SMARTS) is 1. The van der Waals surface area contributed by atoms with Crippen molar-refractivity contribution in [2.75, 3.05) is 18.8 Å². The average molecular weight is 312 g/mol. The molecule has 2 rings (SSSR count). The summed E-state index contributed by atoms with van der Waals surface area (Å²) in [7, 11) is 0. The van der Waals surface area contributed by atoms with Crippen molar-refractivity contribution in [2.45, 2.75) is 32.0 Å². The molecule has 1 aromatic heterocycles. The third-order valence-electron chi connectivity index (χ3n) is 3.78. The zero-order valence-electron chi connectivity index (χ0n) is 12.4. The number of thioether (sulfide) groups is 1. The van der Waals surface area contributed by atoms with Gasteiger partial charge >= 0.3 is 5.97 Å². The zero-order valence-corrected chi connectivity index (χ0v) is 13.2. The minimum absolute atomic E-state index is 0.0205. The third kappa shape index (κ3) is 3.55. The lowest BCUT2D eigenvalue weighted by Gasteiger charge is -2.41. The van der Waals surface area contributed by atoms with E-state index in [1.54, 1.807) is 18.2 Å². The van der Waals surface area contributed by atoms with Crippen LogP contribution in [0.15, 0.2) is 11.5 Å². The van der Waals surface area contributed by atoms with Gasteiger partial charge < -0.3 is 14.6 Å².